The first-order chi connectivity index (χ1) is 13.7. The van der Waals surface area contributed by atoms with Gasteiger partial charge in [0.2, 0.25) is 5.91 Å². The van der Waals surface area contributed by atoms with E-state index in [0.29, 0.717) is 25.6 Å². The van der Waals surface area contributed by atoms with Crippen LogP contribution >= 0.6 is 0 Å². The number of imidazole rings is 1. The van der Waals surface area contributed by atoms with Crippen LogP contribution in [0.5, 0.6) is 0 Å². The first-order valence-corrected chi connectivity index (χ1v) is 9.95. The molecule has 0 atom stereocenters. The molecule has 0 bridgehead atoms. The summed E-state index contributed by atoms with van der Waals surface area (Å²) in [6.45, 7) is 3.25. The summed E-state index contributed by atoms with van der Waals surface area (Å²) in [5.41, 5.74) is 1.16. The van der Waals surface area contributed by atoms with E-state index in [1.807, 2.05) is 24.5 Å². The Hall–Kier alpha value is -2.70. The predicted molar refractivity (Wildman–Crippen MR) is 107 cm³/mol. The maximum atomic E-state index is 13.0. The lowest BCUT2D eigenvalue weighted by Gasteiger charge is -2.34. The zero-order valence-corrected chi connectivity index (χ0v) is 16.5. The number of hydrogen-bond acceptors (Lipinski definition) is 4. The van der Waals surface area contributed by atoms with E-state index in [-0.39, 0.29) is 12.4 Å². The number of carbonyl (C=O) groups is 2. The second-order valence-corrected chi connectivity index (χ2v) is 6.91. The smallest absolute Gasteiger partial charge is 0.290 e. The SMILES string of the molecule is CCc1nccn1CCC(=O)N(Cc1ccncc1)C1CCCCC1.O=CO. The van der Waals surface area contributed by atoms with E-state index in [1.54, 1.807) is 12.4 Å². The Kier molecular flexibility index (Phi) is 9.18. The fraction of sp³-hybridized carbons (Fsp3) is 0.524. The molecular formula is C21H30N4O3. The van der Waals surface area contributed by atoms with Gasteiger partial charge in [0.1, 0.15) is 5.82 Å². The van der Waals surface area contributed by atoms with Crippen molar-refractivity contribution in [2.45, 2.75) is 71.0 Å². The molecule has 1 aliphatic carbocycles. The maximum absolute atomic E-state index is 13.0. The number of carbonyl (C=O) groups excluding carboxylic acids is 1. The summed E-state index contributed by atoms with van der Waals surface area (Å²) in [6.07, 6.45) is 14.8. The third-order valence-electron chi connectivity index (χ3n) is 5.12. The highest BCUT2D eigenvalue weighted by Crippen LogP contribution is 2.25. The van der Waals surface area contributed by atoms with Gasteiger partial charge < -0.3 is 14.6 Å². The molecule has 1 N–H and O–H groups in total. The molecule has 0 spiro atoms. The number of hydrogen-bond donors (Lipinski definition) is 1. The molecule has 28 heavy (non-hydrogen) atoms. The molecule has 2 aromatic rings. The molecule has 2 aromatic heterocycles. The number of nitrogens with zero attached hydrogens (tertiary/aromatic N) is 4. The van der Waals surface area contributed by atoms with Crippen LogP contribution in [0.1, 0.15) is 56.8 Å². The van der Waals surface area contributed by atoms with Gasteiger partial charge in [-0.3, -0.25) is 14.6 Å². The molecule has 0 unspecified atom stereocenters. The molecule has 7 nitrogen and oxygen atoms in total. The van der Waals surface area contributed by atoms with Crippen LogP contribution in [0.3, 0.4) is 0 Å². The van der Waals surface area contributed by atoms with Crippen molar-refractivity contribution < 1.29 is 14.7 Å². The highest BCUT2D eigenvalue weighted by atomic mass is 16.3. The van der Waals surface area contributed by atoms with Crippen molar-refractivity contribution in [3.8, 4) is 0 Å². The molecule has 1 amide bonds. The summed E-state index contributed by atoms with van der Waals surface area (Å²) in [7, 11) is 0. The van der Waals surface area contributed by atoms with Gasteiger partial charge in [-0.1, -0.05) is 26.2 Å². The van der Waals surface area contributed by atoms with E-state index >= 15 is 0 Å². The van der Waals surface area contributed by atoms with Crippen LogP contribution in [-0.2, 0) is 29.1 Å². The van der Waals surface area contributed by atoms with Gasteiger partial charge in [-0.2, -0.15) is 0 Å². The largest absolute Gasteiger partial charge is 0.483 e. The minimum absolute atomic E-state index is 0.250. The van der Waals surface area contributed by atoms with Crippen LogP contribution in [0.2, 0.25) is 0 Å². The molecule has 0 saturated heterocycles. The van der Waals surface area contributed by atoms with Gasteiger partial charge in [0.25, 0.3) is 6.47 Å². The highest BCUT2D eigenvalue weighted by molar-refractivity contribution is 5.76. The standard InChI is InChI=1S/C20H28N4O.CH2O2/c1-2-19-22-13-15-23(19)14-10-20(25)24(18-6-4-3-5-7-18)16-17-8-11-21-12-9-17;2-1-3/h8-9,11-13,15,18H,2-7,10,14,16H2,1H3;1H,(H,2,3). The highest BCUT2D eigenvalue weighted by Gasteiger charge is 2.25. The fourth-order valence-electron chi connectivity index (χ4n) is 3.72. The number of aryl methyl sites for hydroxylation is 2. The molecule has 3 rings (SSSR count). The monoisotopic (exact) mass is 386 g/mol. The van der Waals surface area contributed by atoms with Gasteiger partial charge in [0.15, 0.2) is 0 Å². The van der Waals surface area contributed by atoms with Crippen molar-refractivity contribution in [2.24, 2.45) is 0 Å². The van der Waals surface area contributed by atoms with E-state index in [4.69, 9.17) is 9.90 Å². The Morgan fingerprint density at radius 3 is 2.57 bits per heavy atom. The molecule has 1 fully saturated rings. The summed E-state index contributed by atoms with van der Waals surface area (Å²) in [5.74, 6) is 1.30. The Morgan fingerprint density at radius 2 is 1.93 bits per heavy atom. The van der Waals surface area contributed by atoms with E-state index in [2.05, 4.69) is 26.4 Å². The Morgan fingerprint density at radius 1 is 1.25 bits per heavy atom. The van der Waals surface area contributed by atoms with Crippen LogP contribution in [0.25, 0.3) is 0 Å². The number of aromatic nitrogens is 3. The van der Waals surface area contributed by atoms with E-state index in [9.17, 15) is 4.79 Å². The molecule has 152 valence electrons. The van der Waals surface area contributed by atoms with Gasteiger partial charge in [0, 0.05) is 56.8 Å². The second-order valence-electron chi connectivity index (χ2n) is 6.91. The molecule has 7 heteroatoms. The molecule has 1 saturated carbocycles. The summed E-state index contributed by atoms with van der Waals surface area (Å²) >= 11 is 0. The zero-order valence-electron chi connectivity index (χ0n) is 16.5. The molecule has 0 aromatic carbocycles. The van der Waals surface area contributed by atoms with Crippen LogP contribution < -0.4 is 0 Å². The number of amides is 1. The van der Waals surface area contributed by atoms with Crippen molar-refractivity contribution in [3.05, 3.63) is 48.3 Å². The van der Waals surface area contributed by atoms with Gasteiger partial charge in [0.05, 0.1) is 0 Å². The van der Waals surface area contributed by atoms with Gasteiger partial charge in [-0.15, -0.1) is 0 Å². The van der Waals surface area contributed by atoms with Crippen LogP contribution in [0, 0.1) is 0 Å². The third-order valence-corrected chi connectivity index (χ3v) is 5.12. The number of rotatable bonds is 7. The predicted octanol–water partition coefficient (Wildman–Crippen LogP) is 3.29. The lowest BCUT2D eigenvalue weighted by Crippen LogP contribution is -2.41. The third kappa shape index (κ3) is 6.48. The summed E-state index contributed by atoms with van der Waals surface area (Å²) in [4.78, 5) is 31.9. The van der Waals surface area contributed by atoms with Crippen molar-refractivity contribution in [3.63, 3.8) is 0 Å². The van der Waals surface area contributed by atoms with Crippen LogP contribution in [-0.4, -0.2) is 43.0 Å². The lowest BCUT2D eigenvalue weighted by atomic mass is 9.93. The first kappa shape index (κ1) is 21.6. The van der Waals surface area contributed by atoms with Crippen molar-refractivity contribution in [1.82, 2.24) is 19.4 Å². The maximum Gasteiger partial charge on any atom is 0.290 e. The molecule has 0 aliphatic heterocycles. The Bertz CT molecular complexity index is 711. The van der Waals surface area contributed by atoms with Crippen molar-refractivity contribution in [1.29, 1.82) is 0 Å². The summed E-state index contributed by atoms with van der Waals surface area (Å²) in [5, 5.41) is 6.89. The average Bonchev–Trinajstić information content (AvgIpc) is 3.20. The minimum atomic E-state index is -0.250. The lowest BCUT2D eigenvalue weighted by molar-refractivity contribution is -0.135. The van der Waals surface area contributed by atoms with Crippen molar-refractivity contribution >= 4 is 12.4 Å². The normalized spacial score (nSPS) is 14.0. The number of carboxylic acid groups (broad SMARTS) is 1. The quantitative estimate of drug-likeness (QED) is 0.738. The van der Waals surface area contributed by atoms with Crippen molar-refractivity contribution in [2.75, 3.05) is 0 Å². The molecular weight excluding hydrogens is 356 g/mol. The molecule has 1 aliphatic rings. The fourth-order valence-corrected chi connectivity index (χ4v) is 3.72. The Labute approximate surface area is 166 Å². The number of pyridine rings is 1. The summed E-state index contributed by atoms with van der Waals surface area (Å²) < 4.78 is 2.10. The van der Waals surface area contributed by atoms with Gasteiger partial charge >= 0.3 is 0 Å². The minimum Gasteiger partial charge on any atom is -0.483 e. The Balaban J connectivity index is 0.000000878. The summed E-state index contributed by atoms with van der Waals surface area (Å²) in [6, 6.07) is 4.39. The first-order valence-electron chi connectivity index (χ1n) is 9.95. The topological polar surface area (TPSA) is 88.3 Å². The van der Waals surface area contributed by atoms with Crippen LogP contribution in [0.15, 0.2) is 36.9 Å². The van der Waals surface area contributed by atoms with Gasteiger partial charge in [-0.25, -0.2) is 4.98 Å². The second kappa shape index (κ2) is 11.9. The van der Waals surface area contributed by atoms with Gasteiger partial charge in [-0.05, 0) is 30.5 Å². The van der Waals surface area contributed by atoms with E-state index < -0.39 is 0 Å². The van der Waals surface area contributed by atoms with Crippen LogP contribution in [0.4, 0.5) is 0 Å². The van der Waals surface area contributed by atoms with E-state index in [1.165, 1.54) is 19.3 Å². The average molecular weight is 386 g/mol. The van der Waals surface area contributed by atoms with E-state index in [0.717, 1.165) is 30.7 Å². The zero-order chi connectivity index (χ0) is 20.2. The molecule has 2 heterocycles. The molecule has 0 radical (unpaired) electrons.